The molecule has 4 nitrogen and oxygen atoms in total. The van der Waals surface area contributed by atoms with Crippen LogP contribution in [0.5, 0.6) is 17.2 Å². The summed E-state index contributed by atoms with van der Waals surface area (Å²) in [6, 6.07) is 6.85. The van der Waals surface area contributed by atoms with Crippen molar-refractivity contribution in [3.05, 3.63) is 40.1 Å². The normalized spacial score (nSPS) is 10.1. The smallest absolute Gasteiger partial charge is 0.206 e. The highest BCUT2D eigenvalue weighted by Crippen LogP contribution is 2.30. The number of carbonyl (C=O) groups is 1. The molecule has 0 bridgehead atoms. The molecule has 1 heterocycles. The first kappa shape index (κ1) is 13.4. The molecule has 1 aromatic carbocycles. The highest BCUT2D eigenvalue weighted by atomic mass is 32.1. The van der Waals surface area contributed by atoms with Gasteiger partial charge in [0.05, 0.1) is 31.8 Å². The van der Waals surface area contributed by atoms with E-state index in [9.17, 15) is 4.79 Å². The molecule has 0 aliphatic heterocycles. The van der Waals surface area contributed by atoms with Crippen molar-refractivity contribution in [3.8, 4) is 17.2 Å². The fraction of sp³-hybridized carbons (Fsp3) is 0.214. The van der Waals surface area contributed by atoms with Crippen LogP contribution in [0.2, 0.25) is 0 Å². The van der Waals surface area contributed by atoms with Gasteiger partial charge in [-0.25, -0.2) is 0 Å². The summed E-state index contributed by atoms with van der Waals surface area (Å²) in [5.41, 5.74) is 0.507. The van der Waals surface area contributed by atoms with Crippen LogP contribution in [0.15, 0.2) is 29.6 Å². The van der Waals surface area contributed by atoms with E-state index in [1.165, 1.54) is 18.4 Å². The fourth-order valence-corrected chi connectivity index (χ4v) is 2.47. The fourth-order valence-electron chi connectivity index (χ4n) is 1.66. The van der Waals surface area contributed by atoms with Crippen LogP contribution in [0, 0.1) is 0 Å². The summed E-state index contributed by atoms with van der Waals surface area (Å²) in [5.74, 6) is 1.74. The number of thiophene rings is 1. The third-order valence-corrected chi connectivity index (χ3v) is 3.60. The van der Waals surface area contributed by atoms with Crippen molar-refractivity contribution in [1.82, 2.24) is 0 Å². The highest BCUT2D eigenvalue weighted by Gasteiger charge is 2.17. The zero-order valence-electron chi connectivity index (χ0n) is 10.9. The summed E-state index contributed by atoms with van der Waals surface area (Å²) in [6.07, 6.45) is 0. The number of rotatable bonds is 5. The molecule has 0 N–H and O–H groups in total. The molecule has 0 atom stereocenters. The number of ether oxygens (including phenoxy) is 3. The van der Waals surface area contributed by atoms with Crippen LogP contribution >= 0.6 is 11.3 Å². The number of methoxy groups -OCH3 is 3. The maximum absolute atomic E-state index is 12.4. The zero-order valence-corrected chi connectivity index (χ0v) is 11.7. The first-order chi connectivity index (χ1) is 9.19. The summed E-state index contributed by atoms with van der Waals surface area (Å²) >= 11 is 1.34. The van der Waals surface area contributed by atoms with Gasteiger partial charge in [-0.05, 0) is 12.1 Å². The van der Waals surface area contributed by atoms with Crippen LogP contribution in [0.25, 0.3) is 0 Å². The third-order valence-electron chi connectivity index (χ3n) is 2.69. The minimum Gasteiger partial charge on any atom is -0.497 e. The van der Waals surface area contributed by atoms with Crippen molar-refractivity contribution in [3.63, 3.8) is 0 Å². The Kier molecular flexibility index (Phi) is 4.06. The molecule has 1 aromatic heterocycles. The van der Waals surface area contributed by atoms with Crippen LogP contribution in [0.3, 0.4) is 0 Å². The monoisotopic (exact) mass is 278 g/mol. The van der Waals surface area contributed by atoms with E-state index in [0.717, 1.165) is 0 Å². The van der Waals surface area contributed by atoms with Crippen molar-refractivity contribution < 1.29 is 19.0 Å². The van der Waals surface area contributed by atoms with Gasteiger partial charge in [-0.2, -0.15) is 0 Å². The van der Waals surface area contributed by atoms with Gasteiger partial charge in [0.25, 0.3) is 0 Å². The first-order valence-corrected chi connectivity index (χ1v) is 6.46. The lowest BCUT2D eigenvalue weighted by atomic mass is 10.1. The average Bonchev–Trinajstić information content (AvgIpc) is 2.94. The van der Waals surface area contributed by atoms with Gasteiger partial charge in [-0.1, -0.05) is 0 Å². The summed E-state index contributed by atoms with van der Waals surface area (Å²) in [4.78, 5) is 13.0. The zero-order chi connectivity index (χ0) is 13.8. The van der Waals surface area contributed by atoms with Gasteiger partial charge in [0.15, 0.2) is 0 Å². The van der Waals surface area contributed by atoms with E-state index in [1.807, 2.05) is 0 Å². The Balaban J connectivity index is 2.37. The quantitative estimate of drug-likeness (QED) is 0.789. The number of ketones is 1. The topological polar surface area (TPSA) is 44.8 Å². The Bertz CT molecular complexity index is 589. The maximum atomic E-state index is 12.4. The lowest BCUT2D eigenvalue weighted by Crippen LogP contribution is -2.02. The van der Waals surface area contributed by atoms with Gasteiger partial charge in [-0.15, -0.1) is 11.3 Å². The molecule has 0 unspecified atom stereocenters. The molecule has 2 aromatic rings. The largest absolute Gasteiger partial charge is 0.497 e. The minimum absolute atomic E-state index is 0.0900. The molecule has 100 valence electrons. The SMILES string of the molecule is COc1csc(C(=O)c2ccc(OC)cc2OC)c1. The second-order valence-electron chi connectivity index (χ2n) is 3.75. The van der Waals surface area contributed by atoms with Crippen molar-refractivity contribution >= 4 is 17.1 Å². The van der Waals surface area contributed by atoms with Crippen molar-refractivity contribution in [2.45, 2.75) is 0 Å². The second-order valence-corrected chi connectivity index (χ2v) is 4.66. The predicted molar refractivity (Wildman–Crippen MR) is 73.8 cm³/mol. The van der Waals surface area contributed by atoms with E-state index < -0.39 is 0 Å². The maximum Gasteiger partial charge on any atom is 0.206 e. The van der Waals surface area contributed by atoms with Crippen molar-refractivity contribution in [2.75, 3.05) is 21.3 Å². The summed E-state index contributed by atoms with van der Waals surface area (Å²) in [5, 5.41) is 1.79. The molecule has 0 fully saturated rings. The Labute approximate surface area is 115 Å². The summed E-state index contributed by atoms with van der Waals surface area (Å²) < 4.78 is 15.4. The molecular formula is C14H14O4S. The molecule has 19 heavy (non-hydrogen) atoms. The van der Waals surface area contributed by atoms with Gasteiger partial charge >= 0.3 is 0 Å². The molecule has 0 spiro atoms. The van der Waals surface area contributed by atoms with Gasteiger partial charge in [0.2, 0.25) is 5.78 Å². The van der Waals surface area contributed by atoms with Gasteiger partial charge in [0, 0.05) is 17.5 Å². The predicted octanol–water partition coefficient (Wildman–Crippen LogP) is 3.00. The molecule has 0 saturated carbocycles. The Morgan fingerprint density at radius 2 is 1.74 bits per heavy atom. The lowest BCUT2D eigenvalue weighted by Gasteiger charge is -2.08. The summed E-state index contributed by atoms with van der Waals surface area (Å²) in [6.45, 7) is 0. The van der Waals surface area contributed by atoms with Gasteiger partial charge < -0.3 is 14.2 Å². The van der Waals surface area contributed by atoms with E-state index >= 15 is 0 Å². The van der Waals surface area contributed by atoms with E-state index in [4.69, 9.17) is 14.2 Å². The molecule has 0 amide bonds. The number of hydrogen-bond donors (Lipinski definition) is 0. The highest BCUT2D eigenvalue weighted by molar-refractivity contribution is 7.12. The summed E-state index contributed by atoms with van der Waals surface area (Å²) in [7, 11) is 4.67. The van der Waals surface area contributed by atoms with Crippen molar-refractivity contribution in [2.24, 2.45) is 0 Å². The van der Waals surface area contributed by atoms with E-state index in [2.05, 4.69) is 0 Å². The molecule has 0 saturated heterocycles. The lowest BCUT2D eigenvalue weighted by molar-refractivity contribution is 0.103. The molecule has 2 rings (SSSR count). The molecule has 0 aliphatic rings. The molecule has 0 radical (unpaired) electrons. The van der Waals surface area contributed by atoms with E-state index in [-0.39, 0.29) is 5.78 Å². The molecular weight excluding hydrogens is 264 g/mol. The van der Waals surface area contributed by atoms with Gasteiger partial charge in [-0.3, -0.25) is 4.79 Å². The van der Waals surface area contributed by atoms with Gasteiger partial charge in [0.1, 0.15) is 17.2 Å². The second kappa shape index (κ2) is 5.75. The van der Waals surface area contributed by atoms with E-state index in [0.29, 0.717) is 27.7 Å². The Morgan fingerprint density at radius 1 is 1.00 bits per heavy atom. The minimum atomic E-state index is -0.0900. The number of benzene rings is 1. The number of hydrogen-bond acceptors (Lipinski definition) is 5. The van der Waals surface area contributed by atoms with Crippen LogP contribution in [0.4, 0.5) is 0 Å². The van der Waals surface area contributed by atoms with E-state index in [1.54, 1.807) is 43.9 Å². The van der Waals surface area contributed by atoms with Crippen LogP contribution in [-0.4, -0.2) is 27.1 Å². The molecule has 0 aliphatic carbocycles. The van der Waals surface area contributed by atoms with Crippen molar-refractivity contribution in [1.29, 1.82) is 0 Å². The third kappa shape index (κ3) is 2.71. The molecule has 5 heteroatoms. The number of carbonyl (C=O) groups excluding carboxylic acids is 1. The van der Waals surface area contributed by atoms with Crippen LogP contribution in [0.1, 0.15) is 15.2 Å². The van der Waals surface area contributed by atoms with Crippen LogP contribution in [-0.2, 0) is 0 Å². The average molecular weight is 278 g/mol. The standard InChI is InChI=1S/C14H14O4S/c1-16-9-4-5-11(12(6-9)18-3)14(15)13-7-10(17-2)8-19-13/h4-8H,1-3H3. The van der Waals surface area contributed by atoms with Crippen LogP contribution < -0.4 is 14.2 Å². The Hall–Kier alpha value is -2.01. The Morgan fingerprint density at radius 3 is 2.32 bits per heavy atom. The first-order valence-electron chi connectivity index (χ1n) is 5.59.